The molecule has 2 fully saturated rings. The Bertz CT molecular complexity index is 564. The zero-order valence-electron chi connectivity index (χ0n) is 15.0. The normalized spacial score (nSPS) is 24.8. The molecule has 6 nitrogen and oxygen atoms in total. The highest BCUT2D eigenvalue weighted by atomic mass is 127. The molecule has 2 N–H and O–H groups in total. The van der Waals surface area contributed by atoms with E-state index < -0.39 is 0 Å². The van der Waals surface area contributed by atoms with Crippen LogP contribution in [0.1, 0.15) is 49.6 Å². The van der Waals surface area contributed by atoms with Crippen molar-refractivity contribution in [1.82, 2.24) is 15.8 Å². The van der Waals surface area contributed by atoms with Gasteiger partial charge < -0.3 is 19.9 Å². The number of ether oxygens (including phenoxy) is 1. The first-order valence-corrected chi connectivity index (χ1v) is 8.61. The van der Waals surface area contributed by atoms with Crippen LogP contribution in [-0.4, -0.2) is 36.9 Å². The van der Waals surface area contributed by atoms with E-state index in [-0.39, 0.29) is 24.0 Å². The molecule has 2 saturated carbocycles. The van der Waals surface area contributed by atoms with E-state index in [1.165, 1.54) is 19.3 Å². The van der Waals surface area contributed by atoms with Crippen molar-refractivity contribution < 1.29 is 9.26 Å². The first-order chi connectivity index (χ1) is 11.1. The van der Waals surface area contributed by atoms with Crippen LogP contribution in [0.4, 0.5) is 0 Å². The highest BCUT2D eigenvalue weighted by molar-refractivity contribution is 14.0. The molecule has 0 amide bonds. The molecule has 3 rings (SSSR count). The van der Waals surface area contributed by atoms with Crippen LogP contribution in [0.25, 0.3) is 0 Å². The van der Waals surface area contributed by atoms with Gasteiger partial charge >= 0.3 is 0 Å². The Morgan fingerprint density at radius 3 is 2.67 bits per heavy atom. The monoisotopic (exact) mass is 448 g/mol. The molecular formula is C17H29IN4O2. The van der Waals surface area contributed by atoms with Crippen LogP contribution in [0.5, 0.6) is 0 Å². The van der Waals surface area contributed by atoms with Crippen LogP contribution < -0.4 is 10.6 Å². The minimum atomic E-state index is 0. The number of nitrogens with zero attached hydrogens (tertiary/aromatic N) is 2. The molecule has 2 aliphatic rings. The van der Waals surface area contributed by atoms with E-state index in [0.29, 0.717) is 24.1 Å². The van der Waals surface area contributed by atoms with Gasteiger partial charge in [0.2, 0.25) is 0 Å². The van der Waals surface area contributed by atoms with E-state index in [1.807, 2.05) is 20.9 Å². The Morgan fingerprint density at radius 1 is 1.42 bits per heavy atom. The van der Waals surface area contributed by atoms with Crippen molar-refractivity contribution in [2.75, 3.05) is 13.7 Å². The van der Waals surface area contributed by atoms with Crippen molar-refractivity contribution in [3.05, 3.63) is 17.0 Å². The van der Waals surface area contributed by atoms with Gasteiger partial charge in [0, 0.05) is 37.2 Å². The fraction of sp³-hybridized carbons (Fsp3) is 0.765. The van der Waals surface area contributed by atoms with Gasteiger partial charge in [0.1, 0.15) is 5.76 Å². The third-order valence-corrected chi connectivity index (χ3v) is 5.59. The lowest BCUT2D eigenvalue weighted by atomic mass is 9.51. The second-order valence-corrected chi connectivity index (χ2v) is 6.69. The summed E-state index contributed by atoms with van der Waals surface area (Å²) >= 11 is 0. The van der Waals surface area contributed by atoms with Crippen LogP contribution in [0, 0.1) is 19.3 Å². The number of nitrogens with one attached hydrogen (secondary N) is 2. The average molecular weight is 448 g/mol. The van der Waals surface area contributed by atoms with Gasteiger partial charge in [0.05, 0.1) is 11.8 Å². The number of aryl methyl sites for hydroxylation is 2. The molecule has 2 atom stereocenters. The van der Waals surface area contributed by atoms with E-state index in [2.05, 4.69) is 27.7 Å². The maximum atomic E-state index is 5.91. The number of halogens is 1. The lowest BCUT2D eigenvalue weighted by molar-refractivity contribution is -0.168. The standard InChI is InChI=1S/C17H28N4O2.HI/c1-5-22-15-9-14(17(15)7-6-8-17)20-16(18-4)19-10-13-11(2)21-23-12(13)3;/h14-15H,5-10H2,1-4H3,(H2,18,19,20);1H. The van der Waals surface area contributed by atoms with Crippen LogP contribution in [0.3, 0.4) is 0 Å². The maximum Gasteiger partial charge on any atom is 0.191 e. The van der Waals surface area contributed by atoms with Crippen LogP contribution in [-0.2, 0) is 11.3 Å². The zero-order chi connectivity index (χ0) is 16.4. The number of hydrogen-bond donors (Lipinski definition) is 2. The highest BCUT2D eigenvalue weighted by Gasteiger charge is 2.59. The Balaban J connectivity index is 0.00000208. The second-order valence-electron chi connectivity index (χ2n) is 6.69. The predicted molar refractivity (Wildman–Crippen MR) is 105 cm³/mol. The van der Waals surface area contributed by atoms with Crippen molar-refractivity contribution >= 4 is 29.9 Å². The van der Waals surface area contributed by atoms with Gasteiger partial charge in [-0.15, -0.1) is 24.0 Å². The van der Waals surface area contributed by atoms with Gasteiger partial charge in [-0.25, -0.2) is 0 Å². The number of guanidine groups is 1. The fourth-order valence-corrected chi connectivity index (χ4v) is 3.93. The minimum Gasteiger partial charge on any atom is -0.378 e. The first-order valence-electron chi connectivity index (χ1n) is 8.61. The largest absolute Gasteiger partial charge is 0.378 e. The van der Waals surface area contributed by atoms with Gasteiger partial charge in [-0.1, -0.05) is 11.6 Å². The molecule has 0 aliphatic heterocycles. The second kappa shape index (κ2) is 8.03. The number of aliphatic imine (C=N–C) groups is 1. The molecule has 2 unspecified atom stereocenters. The van der Waals surface area contributed by atoms with Gasteiger partial charge in [-0.2, -0.15) is 0 Å². The molecule has 1 aromatic heterocycles. The number of aromatic nitrogens is 1. The summed E-state index contributed by atoms with van der Waals surface area (Å²) in [5, 5.41) is 11.0. The topological polar surface area (TPSA) is 71.7 Å². The van der Waals surface area contributed by atoms with Gasteiger partial charge in [-0.05, 0) is 40.0 Å². The summed E-state index contributed by atoms with van der Waals surface area (Å²) in [7, 11) is 1.81. The molecule has 0 aromatic carbocycles. The van der Waals surface area contributed by atoms with E-state index in [1.54, 1.807) is 0 Å². The third kappa shape index (κ3) is 3.42. The summed E-state index contributed by atoms with van der Waals surface area (Å²) in [5.41, 5.74) is 2.37. The third-order valence-electron chi connectivity index (χ3n) is 5.59. The Labute approximate surface area is 161 Å². The molecule has 7 heteroatoms. The molecule has 24 heavy (non-hydrogen) atoms. The van der Waals surface area contributed by atoms with Crippen molar-refractivity contribution in [3.63, 3.8) is 0 Å². The van der Waals surface area contributed by atoms with Crippen LogP contribution in [0.2, 0.25) is 0 Å². The predicted octanol–water partition coefficient (Wildman–Crippen LogP) is 2.92. The van der Waals surface area contributed by atoms with E-state index in [9.17, 15) is 0 Å². The number of hydrogen-bond acceptors (Lipinski definition) is 4. The molecule has 0 saturated heterocycles. The lowest BCUT2D eigenvalue weighted by Gasteiger charge is -2.61. The van der Waals surface area contributed by atoms with E-state index in [4.69, 9.17) is 9.26 Å². The molecule has 1 aromatic rings. The smallest absolute Gasteiger partial charge is 0.191 e. The highest BCUT2D eigenvalue weighted by Crippen LogP contribution is 2.57. The van der Waals surface area contributed by atoms with Crippen molar-refractivity contribution in [2.24, 2.45) is 10.4 Å². The van der Waals surface area contributed by atoms with Crippen molar-refractivity contribution in [3.8, 4) is 0 Å². The molecule has 1 spiro atoms. The Hall–Kier alpha value is -0.830. The summed E-state index contributed by atoms with van der Waals surface area (Å²) in [4.78, 5) is 4.37. The summed E-state index contributed by atoms with van der Waals surface area (Å²) < 4.78 is 11.1. The van der Waals surface area contributed by atoms with Crippen molar-refractivity contribution in [2.45, 2.75) is 65.1 Å². The number of rotatable bonds is 5. The fourth-order valence-electron chi connectivity index (χ4n) is 3.93. The Morgan fingerprint density at radius 2 is 2.17 bits per heavy atom. The molecule has 0 radical (unpaired) electrons. The Kier molecular flexibility index (Phi) is 6.52. The quantitative estimate of drug-likeness (QED) is 0.412. The molecule has 1 heterocycles. The van der Waals surface area contributed by atoms with Gasteiger partial charge in [-0.3, -0.25) is 4.99 Å². The van der Waals surface area contributed by atoms with E-state index in [0.717, 1.165) is 36.0 Å². The zero-order valence-corrected chi connectivity index (χ0v) is 17.3. The first kappa shape index (κ1) is 19.5. The minimum absolute atomic E-state index is 0. The van der Waals surface area contributed by atoms with Gasteiger partial charge in [0.25, 0.3) is 0 Å². The summed E-state index contributed by atoms with van der Waals surface area (Å²) in [5.74, 6) is 1.71. The molecule has 2 aliphatic carbocycles. The van der Waals surface area contributed by atoms with Crippen molar-refractivity contribution in [1.29, 1.82) is 0 Å². The lowest BCUT2D eigenvalue weighted by Crippen LogP contribution is -2.68. The maximum absolute atomic E-state index is 5.91. The molecule has 136 valence electrons. The van der Waals surface area contributed by atoms with Gasteiger partial charge in [0.15, 0.2) is 5.96 Å². The summed E-state index contributed by atoms with van der Waals surface area (Å²) in [6.45, 7) is 7.46. The van der Waals surface area contributed by atoms with E-state index >= 15 is 0 Å². The molecule has 0 bridgehead atoms. The summed E-state index contributed by atoms with van der Waals surface area (Å²) in [6, 6.07) is 0.462. The van der Waals surface area contributed by atoms with Crippen LogP contribution >= 0.6 is 24.0 Å². The summed E-state index contributed by atoms with van der Waals surface area (Å²) in [6.07, 6.45) is 5.32. The SMILES string of the molecule is CCOC1CC(NC(=NC)NCc2c(C)noc2C)C12CCC2.I. The average Bonchev–Trinajstić information content (AvgIpc) is 2.78. The van der Waals surface area contributed by atoms with Crippen LogP contribution in [0.15, 0.2) is 9.52 Å². The molecular weight excluding hydrogens is 419 g/mol.